The molecule has 2 aromatic rings. The monoisotopic (exact) mass is 335 g/mol. The first-order valence-electron chi connectivity index (χ1n) is 9.08. The van der Waals surface area contributed by atoms with Crippen LogP contribution in [0.4, 0.5) is 0 Å². The van der Waals surface area contributed by atoms with Crippen LogP contribution in [-0.4, -0.2) is 28.5 Å². The molecule has 130 valence electrons. The van der Waals surface area contributed by atoms with E-state index >= 15 is 0 Å². The van der Waals surface area contributed by atoms with Crippen molar-refractivity contribution in [1.82, 2.24) is 4.90 Å². The minimum absolute atomic E-state index is 0.119. The summed E-state index contributed by atoms with van der Waals surface area (Å²) in [4.78, 5) is 14.9. The van der Waals surface area contributed by atoms with E-state index < -0.39 is 5.60 Å². The Hall–Kier alpha value is -2.13. The van der Waals surface area contributed by atoms with Crippen LogP contribution in [0.2, 0.25) is 0 Å². The molecule has 2 saturated heterocycles. The highest BCUT2D eigenvalue weighted by atomic mass is 16.3. The largest absolute Gasteiger partial charge is 0.386 e. The molecule has 1 saturated carbocycles. The number of aliphatic hydroxyl groups is 1. The fourth-order valence-corrected chi connectivity index (χ4v) is 4.41. The van der Waals surface area contributed by atoms with E-state index in [1.165, 1.54) is 5.56 Å². The minimum Gasteiger partial charge on any atom is -0.386 e. The molecule has 2 aliphatic heterocycles. The van der Waals surface area contributed by atoms with Gasteiger partial charge in [-0.05, 0) is 56.4 Å². The quantitative estimate of drug-likeness (QED) is 0.925. The molecule has 2 heterocycles. The molecule has 2 bridgehead atoms. The number of hydrogen-bond acceptors (Lipinski definition) is 2. The molecular weight excluding hydrogens is 310 g/mol. The van der Waals surface area contributed by atoms with Gasteiger partial charge >= 0.3 is 0 Å². The van der Waals surface area contributed by atoms with E-state index in [9.17, 15) is 9.90 Å². The Morgan fingerprint density at radius 1 is 1.08 bits per heavy atom. The SMILES string of the molecule is CC(C)(O)c1ccc(C(=O)N2CCC3(c4ccccc4)CC2C3)cc1. The van der Waals surface area contributed by atoms with Crippen molar-refractivity contribution in [1.29, 1.82) is 0 Å². The normalized spacial score (nSPS) is 25.4. The molecule has 0 radical (unpaired) electrons. The summed E-state index contributed by atoms with van der Waals surface area (Å²) in [6, 6.07) is 18.5. The van der Waals surface area contributed by atoms with Crippen molar-refractivity contribution in [3.63, 3.8) is 0 Å². The first-order valence-corrected chi connectivity index (χ1v) is 9.08. The maximum absolute atomic E-state index is 12.9. The van der Waals surface area contributed by atoms with Crippen LogP contribution in [0.3, 0.4) is 0 Å². The van der Waals surface area contributed by atoms with Crippen LogP contribution in [0, 0.1) is 0 Å². The van der Waals surface area contributed by atoms with Crippen molar-refractivity contribution in [2.75, 3.05) is 6.54 Å². The average Bonchev–Trinajstić information content (AvgIpc) is 2.60. The average molecular weight is 335 g/mol. The molecule has 0 atom stereocenters. The highest BCUT2D eigenvalue weighted by molar-refractivity contribution is 5.94. The van der Waals surface area contributed by atoms with Gasteiger partial charge < -0.3 is 10.0 Å². The number of piperidine rings is 2. The smallest absolute Gasteiger partial charge is 0.254 e. The predicted octanol–water partition coefficient (Wildman–Crippen LogP) is 3.86. The van der Waals surface area contributed by atoms with Gasteiger partial charge in [-0.3, -0.25) is 4.79 Å². The lowest BCUT2D eigenvalue weighted by Crippen LogP contribution is -2.61. The zero-order chi connectivity index (χ0) is 17.7. The second kappa shape index (κ2) is 5.70. The second-order valence-corrected chi connectivity index (χ2v) is 8.09. The van der Waals surface area contributed by atoms with E-state index in [4.69, 9.17) is 0 Å². The summed E-state index contributed by atoms with van der Waals surface area (Å²) in [5, 5.41) is 10.1. The van der Waals surface area contributed by atoms with Gasteiger partial charge in [-0.25, -0.2) is 0 Å². The maximum Gasteiger partial charge on any atom is 0.254 e. The molecule has 3 aliphatic rings. The number of fused-ring (bicyclic) bond motifs is 2. The van der Waals surface area contributed by atoms with Crippen LogP contribution in [0.15, 0.2) is 54.6 Å². The Kier molecular flexibility index (Phi) is 3.73. The lowest BCUT2D eigenvalue weighted by Gasteiger charge is -2.58. The molecule has 25 heavy (non-hydrogen) atoms. The molecule has 0 aromatic heterocycles. The molecule has 3 nitrogen and oxygen atoms in total. The molecule has 1 N–H and O–H groups in total. The van der Waals surface area contributed by atoms with Gasteiger partial charge in [-0.2, -0.15) is 0 Å². The molecule has 0 spiro atoms. The van der Waals surface area contributed by atoms with Crippen LogP contribution >= 0.6 is 0 Å². The molecule has 1 amide bonds. The van der Waals surface area contributed by atoms with Gasteiger partial charge in [-0.1, -0.05) is 42.5 Å². The Bertz CT molecular complexity index is 762. The summed E-state index contributed by atoms with van der Waals surface area (Å²) < 4.78 is 0. The summed E-state index contributed by atoms with van der Waals surface area (Å²) in [5.74, 6) is 0.119. The highest BCUT2D eigenvalue weighted by Gasteiger charge is 2.52. The number of rotatable bonds is 3. The number of nitrogens with zero attached hydrogens (tertiary/aromatic N) is 1. The van der Waals surface area contributed by atoms with Gasteiger partial charge in [0.15, 0.2) is 0 Å². The standard InChI is InChI=1S/C22H25NO2/c1-21(2,25)17-10-8-16(9-11-17)20(24)23-13-12-22(14-19(23)15-22)18-6-4-3-5-7-18/h3-11,19,25H,12-15H2,1-2H3. The van der Waals surface area contributed by atoms with Gasteiger partial charge in [0.05, 0.1) is 5.60 Å². The van der Waals surface area contributed by atoms with Crippen molar-refractivity contribution in [3.05, 3.63) is 71.3 Å². The summed E-state index contributed by atoms with van der Waals surface area (Å²) in [5.41, 5.74) is 2.37. The lowest BCUT2D eigenvalue weighted by atomic mass is 9.57. The van der Waals surface area contributed by atoms with Crippen LogP contribution in [-0.2, 0) is 11.0 Å². The van der Waals surface area contributed by atoms with Crippen molar-refractivity contribution >= 4 is 5.91 Å². The van der Waals surface area contributed by atoms with Crippen LogP contribution in [0.5, 0.6) is 0 Å². The Morgan fingerprint density at radius 3 is 2.24 bits per heavy atom. The fraction of sp³-hybridized carbons (Fsp3) is 0.409. The lowest BCUT2D eigenvalue weighted by molar-refractivity contribution is -0.00435. The van der Waals surface area contributed by atoms with Crippen molar-refractivity contribution in [2.45, 2.75) is 50.2 Å². The number of hydrogen-bond donors (Lipinski definition) is 1. The van der Waals surface area contributed by atoms with Gasteiger partial charge in [0.25, 0.3) is 5.91 Å². The van der Waals surface area contributed by atoms with Crippen LogP contribution < -0.4 is 0 Å². The number of benzene rings is 2. The molecule has 1 aliphatic carbocycles. The highest BCUT2D eigenvalue weighted by Crippen LogP contribution is 2.52. The zero-order valence-electron chi connectivity index (χ0n) is 14.9. The van der Waals surface area contributed by atoms with E-state index in [0.717, 1.165) is 31.4 Å². The van der Waals surface area contributed by atoms with Crippen molar-refractivity contribution < 1.29 is 9.90 Å². The minimum atomic E-state index is -0.879. The Balaban J connectivity index is 1.47. The molecule has 5 rings (SSSR count). The first-order chi connectivity index (χ1) is 11.9. The molecule has 3 fully saturated rings. The topological polar surface area (TPSA) is 40.5 Å². The number of carbonyl (C=O) groups is 1. The third-order valence-electron chi connectivity index (χ3n) is 6.01. The number of carbonyl (C=O) groups excluding carboxylic acids is 1. The molecule has 2 aromatic carbocycles. The summed E-state index contributed by atoms with van der Waals surface area (Å²) in [6.07, 6.45) is 3.19. The first kappa shape index (κ1) is 16.3. The second-order valence-electron chi connectivity index (χ2n) is 8.09. The Morgan fingerprint density at radius 2 is 1.72 bits per heavy atom. The van der Waals surface area contributed by atoms with Gasteiger partial charge in [0.2, 0.25) is 0 Å². The van der Waals surface area contributed by atoms with Gasteiger partial charge in [0, 0.05) is 23.6 Å². The van der Waals surface area contributed by atoms with E-state index in [0.29, 0.717) is 11.6 Å². The van der Waals surface area contributed by atoms with Crippen LogP contribution in [0.1, 0.15) is 54.6 Å². The van der Waals surface area contributed by atoms with E-state index in [2.05, 4.69) is 30.3 Å². The van der Waals surface area contributed by atoms with E-state index in [1.54, 1.807) is 13.8 Å². The van der Waals surface area contributed by atoms with Crippen LogP contribution in [0.25, 0.3) is 0 Å². The summed E-state index contributed by atoms with van der Waals surface area (Å²) in [7, 11) is 0. The molecule has 3 heteroatoms. The third kappa shape index (κ3) is 2.77. The predicted molar refractivity (Wildman–Crippen MR) is 98.5 cm³/mol. The third-order valence-corrected chi connectivity index (χ3v) is 6.01. The number of amides is 1. The van der Waals surface area contributed by atoms with Crippen molar-refractivity contribution in [2.24, 2.45) is 0 Å². The molecular formula is C22H25NO2. The Labute approximate surface area is 149 Å². The van der Waals surface area contributed by atoms with E-state index in [1.807, 2.05) is 29.2 Å². The summed E-state index contributed by atoms with van der Waals surface area (Å²) >= 11 is 0. The van der Waals surface area contributed by atoms with Crippen molar-refractivity contribution in [3.8, 4) is 0 Å². The van der Waals surface area contributed by atoms with Gasteiger partial charge in [-0.15, -0.1) is 0 Å². The fourth-order valence-electron chi connectivity index (χ4n) is 4.41. The summed E-state index contributed by atoms with van der Waals surface area (Å²) in [6.45, 7) is 4.34. The van der Waals surface area contributed by atoms with Gasteiger partial charge in [0.1, 0.15) is 0 Å². The maximum atomic E-state index is 12.9. The zero-order valence-corrected chi connectivity index (χ0v) is 14.9. The molecule has 0 unspecified atom stereocenters. The van der Waals surface area contributed by atoms with E-state index in [-0.39, 0.29) is 11.3 Å².